The maximum atomic E-state index is 11.9. The Morgan fingerprint density at radius 1 is 1.14 bits per heavy atom. The molecule has 3 nitrogen and oxygen atoms in total. The molecule has 22 heavy (non-hydrogen) atoms. The predicted octanol–water partition coefficient (Wildman–Crippen LogP) is 4.59. The Balaban J connectivity index is 1.53. The maximum Gasteiger partial charge on any atom is 0.220 e. The summed E-state index contributed by atoms with van der Waals surface area (Å²) in [6, 6.07) is 11.8. The third kappa shape index (κ3) is 3.92. The van der Waals surface area contributed by atoms with E-state index < -0.39 is 0 Å². The molecular weight excluding hydrogens is 298 g/mol. The van der Waals surface area contributed by atoms with Gasteiger partial charge >= 0.3 is 0 Å². The third-order valence-electron chi connectivity index (χ3n) is 4.11. The summed E-state index contributed by atoms with van der Waals surface area (Å²) in [6.45, 7) is 0. The Bertz CT molecular complexity index is 627. The number of carbonyl (C=O) groups excluding carboxylic acids is 1. The number of amides is 1. The Hall–Kier alpha value is -1.74. The number of hydrogen-bond acceptors (Lipinski definition) is 2. The van der Waals surface area contributed by atoms with E-state index in [1.165, 1.54) is 12.8 Å². The molecule has 1 N–H and O–H groups in total. The molecule has 0 bridgehead atoms. The largest absolute Gasteiger partial charge is 0.461 e. The average molecular weight is 318 g/mol. The highest BCUT2D eigenvalue weighted by Crippen LogP contribution is 2.24. The van der Waals surface area contributed by atoms with Crippen molar-refractivity contribution >= 4 is 17.5 Å². The number of aryl methyl sites for hydroxylation is 1. The first-order valence-corrected chi connectivity index (χ1v) is 8.22. The molecule has 0 unspecified atom stereocenters. The number of nitrogens with one attached hydrogen (secondary N) is 1. The highest BCUT2D eigenvalue weighted by atomic mass is 35.5. The second kappa shape index (κ2) is 7.01. The molecule has 1 amide bonds. The predicted molar refractivity (Wildman–Crippen MR) is 87.9 cm³/mol. The van der Waals surface area contributed by atoms with Gasteiger partial charge in [0.25, 0.3) is 0 Å². The van der Waals surface area contributed by atoms with E-state index in [0.29, 0.717) is 23.9 Å². The molecule has 0 atom stereocenters. The van der Waals surface area contributed by atoms with Gasteiger partial charge in [0.05, 0.1) is 0 Å². The van der Waals surface area contributed by atoms with Crippen LogP contribution in [0.3, 0.4) is 0 Å². The summed E-state index contributed by atoms with van der Waals surface area (Å²) in [7, 11) is 0. The molecule has 1 aliphatic carbocycles. The molecule has 1 aliphatic rings. The van der Waals surface area contributed by atoms with Crippen LogP contribution in [-0.4, -0.2) is 11.9 Å². The molecule has 1 aromatic carbocycles. The Kier molecular flexibility index (Phi) is 4.84. The first kappa shape index (κ1) is 15.2. The van der Waals surface area contributed by atoms with Crippen molar-refractivity contribution < 1.29 is 9.21 Å². The van der Waals surface area contributed by atoms with Crippen molar-refractivity contribution in [2.75, 3.05) is 0 Å². The molecule has 1 heterocycles. The van der Waals surface area contributed by atoms with Crippen LogP contribution in [0.1, 0.15) is 37.9 Å². The standard InChI is InChI=1S/C18H20ClNO2/c19-14-7-5-13(6-8-14)17-11-9-16(22-17)10-12-18(21)20-15-3-1-2-4-15/h5-9,11,15H,1-4,10,12H2,(H,20,21). The number of hydrogen-bond donors (Lipinski definition) is 1. The van der Waals surface area contributed by atoms with E-state index in [9.17, 15) is 4.79 Å². The second-order valence-electron chi connectivity index (χ2n) is 5.82. The van der Waals surface area contributed by atoms with Gasteiger partial charge in [-0.05, 0) is 49.2 Å². The summed E-state index contributed by atoms with van der Waals surface area (Å²) >= 11 is 5.88. The lowest BCUT2D eigenvalue weighted by Gasteiger charge is -2.11. The van der Waals surface area contributed by atoms with Crippen LogP contribution in [0.2, 0.25) is 5.02 Å². The van der Waals surface area contributed by atoms with E-state index >= 15 is 0 Å². The van der Waals surface area contributed by atoms with Gasteiger partial charge in [-0.1, -0.05) is 24.4 Å². The van der Waals surface area contributed by atoms with Crippen LogP contribution in [0.25, 0.3) is 11.3 Å². The molecule has 1 aromatic heterocycles. The summed E-state index contributed by atoms with van der Waals surface area (Å²) in [4.78, 5) is 11.9. The molecule has 1 saturated carbocycles. The van der Waals surface area contributed by atoms with Crippen LogP contribution in [-0.2, 0) is 11.2 Å². The first-order valence-electron chi connectivity index (χ1n) is 7.85. The fourth-order valence-electron chi connectivity index (χ4n) is 2.89. The van der Waals surface area contributed by atoms with Gasteiger partial charge in [0.15, 0.2) is 0 Å². The summed E-state index contributed by atoms with van der Waals surface area (Å²) in [5.74, 6) is 1.77. The third-order valence-corrected chi connectivity index (χ3v) is 4.36. The van der Waals surface area contributed by atoms with E-state index in [4.69, 9.17) is 16.0 Å². The summed E-state index contributed by atoms with van der Waals surface area (Å²) < 4.78 is 5.81. The number of carbonyl (C=O) groups is 1. The Labute approximate surface area is 135 Å². The molecule has 0 aliphatic heterocycles. The molecule has 2 aromatic rings. The Morgan fingerprint density at radius 2 is 1.86 bits per heavy atom. The lowest BCUT2D eigenvalue weighted by atomic mass is 10.2. The number of furan rings is 1. The zero-order chi connectivity index (χ0) is 15.4. The molecule has 116 valence electrons. The van der Waals surface area contributed by atoms with E-state index in [1.807, 2.05) is 36.4 Å². The van der Waals surface area contributed by atoms with Crippen molar-refractivity contribution in [2.45, 2.75) is 44.6 Å². The molecule has 4 heteroatoms. The lowest BCUT2D eigenvalue weighted by Crippen LogP contribution is -2.32. The highest BCUT2D eigenvalue weighted by Gasteiger charge is 2.17. The monoisotopic (exact) mass is 317 g/mol. The van der Waals surface area contributed by atoms with Crippen LogP contribution in [0.15, 0.2) is 40.8 Å². The van der Waals surface area contributed by atoms with Crippen LogP contribution in [0.4, 0.5) is 0 Å². The van der Waals surface area contributed by atoms with Gasteiger partial charge in [-0.15, -0.1) is 0 Å². The number of rotatable bonds is 5. The van der Waals surface area contributed by atoms with Crippen LogP contribution in [0.5, 0.6) is 0 Å². The molecular formula is C18H20ClNO2. The van der Waals surface area contributed by atoms with Crippen LogP contribution in [0, 0.1) is 0 Å². The molecule has 3 rings (SSSR count). The molecule has 0 saturated heterocycles. The fraction of sp³-hybridized carbons (Fsp3) is 0.389. The molecule has 0 radical (unpaired) electrons. The zero-order valence-electron chi connectivity index (χ0n) is 12.5. The minimum atomic E-state index is 0.122. The normalized spacial score (nSPS) is 15.1. The van der Waals surface area contributed by atoms with E-state index in [-0.39, 0.29) is 5.91 Å². The SMILES string of the molecule is O=C(CCc1ccc(-c2ccc(Cl)cc2)o1)NC1CCCC1. The smallest absolute Gasteiger partial charge is 0.220 e. The summed E-state index contributed by atoms with van der Waals surface area (Å²) in [5.41, 5.74) is 0.992. The average Bonchev–Trinajstić information content (AvgIpc) is 3.17. The molecule has 0 spiro atoms. The number of benzene rings is 1. The van der Waals surface area contributed by atoms with Crippen molar-refractivity contribution in [3.63, 3.8) is 0 Å². The quantitative estimate of drug-likeness (QED) is 0.876. The fourth-order valence-corrected chi connectivity index (χ4v) is 3.01. The van der Waals surface area contributed by atoms with E-state index in [1.54, 1.807) is 0 Å². The van der Waals surface area contributed by atoms with E-state index in [2.05, 4.69) is 5.32 Å². The van der Waals surface area contributed by atoms with Gasteiger partial charge in [0, 0.05) is 29.5 Å². The van der Waals surface area contributed by atoms with Gasteiger partial charge in [0.2, 0.25) is 5.91 Å². The van der Waals surface area contributed by atoms with Crippen molar-refractivity contribution in [1.82, 2.24) is 5.32 Å². The second-order valence-corrected chi connectivity index (χ2v) is 6.26. The van der Waals surface area contributed by atoms with Gasteiger partial charge in [-0.3, -0.25) is 4.79 Å². The highest BCUT2D eigenvalue weighted by molar-refractivity contribution is 6.30. The Morgan fingerprint density at radius 3 is 2.59 bits per heavy atom. The van der Waals surface area contributed by atoms with Crippen molar-refractivity contribution in [2.24, 2.45) is 0 Å². The summed E-state index contributed by atoms with van der Waals surface area (Å²) in [5, 5.41) is 3.81. The van der Waals surface area contributed by atoms with Crippen molar-refractivity contribution in [3.05, 3.63) is 47.2 Å². The molecule has 1 fully saturated rings. The first-order chi connectivity index (χ1) is 10.7. The van der Waals surface area contributed by atoms with Gasteiger partial charge < -0.3 is 9.73 Å². The van der Waals surface area contributed by atoms with Crippen LogP contribution >= 0.6 is 11.6 Å². The number of halogens is 1. The van der Waals surface area contributed by atoms with Crippen LogP contribution < -0.4 is 5.32 Å². The summed E-state index contributed by atoms with van der Waals surface area (Å²) in [6.07, 6.45) is 5.80. The van der Waals surface area contributed by atoms with Gasteiger partial charge in [-0.25, -0.2) is 0 Å². The maximum absolute atomic E-state index is 11.9. The topological polar surface area (TPSA) is 42.2 Å². The van der Waals surface area contributed by atoms with Crippen molar-refractivity contribution in [3.8, 4) is 11.3 Å². The van der Waals surface area contributed by atoms with Gasteiger partial charge in [0.1, 0.15) is 11.5 Å². The minimum Gasteiger partial charge on any atom is -0.461 e. The zero-order valence-corrected chi connectivity index (χ0v) is 13.2. The van der Waals surface area contributed by atoms with E-state index in [0.717, 1.165) is 29.9 Å². The van der Waals surface area contributed by atoms with Gasteiger partial charge in [-0.2, -0.15) is 0 Å². The lowest BCUT2D eigenvalue weighted by molar-refractivity contribution is -0.121. The van der Waals surface area contributed by atoms with Crippen molar-refractivity contribution in [1.29, 1.82) is 0 Å². The minimum absolute atomic E-state index is 0.122.